The number of fused-ring (bicyclic) bond motifs is 1. The molecule has 0 aliphatic carbocycles. The molecule has 2 saturated heterocycles. The van der Waals surface area contributed by atoms with Crippen molar-refractivity contribution < 1.29 is 19.8 Å². The van der Waals surface area contributed by atoms with E-state index in [9.17, 15) is 19.8 Å². The van der Waals surface area contributed by atoms with E-state index < -0.39 is 18.0 Å². The quantitative estimate of drug-likeness (QED) is 0.485. The number of carbonyl (C=O) groups is 2. The van der Waals surface area contributed by atoms with Gasteiger partial charge in [0.05, 0.1) is 18.1 Å². The number of rotatable bonds is 6. The maximum atomic E-state index is 12.3. The Kier molecular flexibility index (Phi) is 4.48. The minimum absolute atomic E-state index is 0.0600. The number of hydrogen-bond donors (Lipinski definition) is 3. The Morgan fingerprint density at radius 1 is 1.50 bits per heavy atom. The molecule has 5 atom stereocenters. The van der Waals surface area contributed by atoms with E-state index in [4.69, 9.17) is 5.41 Å². The molecule has 2 unspecified atom stereocenters. The van der Waals surface area contributed by atoms with E-state index in [1.807, 2.05) is 6.92 Å². The van der Waals surface area contributed by atoms with Gasteiger partial charge in [-0.1, -0.05) is 6.92 Å². The molecule has 132 valence electrons. The summed E-state index contributed by atoms with van der Waals surface area (Å²) in [5, 5.41) is 26.7. The zero-order chi connectivity index (χ0) is 17.6. The zero-order valence-corrected chi connectivity index (χ0v) is 14.1. The van der Waals surface area contributed by atoms with Crippen molar-refractivity contribution in [2.24, 2.45) is 17.8 Å². The smallest absolute Gasteiger partial charge is 0.352 e. The summed E-state index contributed by atoms with van der Waals surface area (Å²) in [7, 11) is 0. The SMILES string of the molecule is C[C@@H](O)C1C(=O)N2C(C(=O)O)=C(CN3CC[C@H](CC=N)C3)[C@H](C)C12. The highest BCUT2D eigenvalue weighted by atomic mass is 16.4. The Morgan fingerprint density at radius 2 is 2.21 bits per heavy atom. The minimum atomic E-state index is -1.06. The van der Waals surface area contributed by atoms with Crippen molar-refractivity contribution in [2.45, 2.75) is 38.8 Å². The second-order valence-corrected chi connectivity index (χ2v) is 7.26. The highest BCUT2D eigenvalue weighted by Gasteiger charge is 2.59. The molecule has 2 fully saturated rings. The number of carboxylic acid groups (broad SMARTS) is 1. The predicted molar refractivity (Wildman–Crippen MR) is 87.6 cm³/mol. The van der Waals surface area contributed by atoms with Crippen molar-refractivity contribution in [3.63, 3.8) is 0 Å². The third kappa shape index (κ3) is 2.56. The van der Waals surface area contributed by atoms with Gasteiger partial charge in [-0.2, -0.15) is 0 Å². The van der Waals surface area contributed by atoms with Crippen LogP contribution >= 0.6 is 0 Å². The van der Waals surface area contributed by atoms with Crippen LogP contribution in [0.2, 0.25) is 0 Å². The van der Waals surface area contributed by atoms with Gasteiger partial charge in [-0.05, 0) is 44.0 Å². The van der Waals surface area contributed by atoms with Crippen LogP contribution in [0, 0.1) is 23.2 Å². The number of carboxylic acids is 1. The third-order valence-electron chi connectivity index (χ3n) is 5.73. The van der Waals surface area contributed by atoms with Crippen LogP contribution in [-0.4, -0.2) is 69.9 Å². The highest BCUT2D eigenvalue weighted by Crippen LogP contribution is 2.47. The van der Waals surface area contributed by atoms with Crippen LogP contribution in [0.25, 0.3) is 0 Å². The fourth-order valence-electron chi connectivity index (χ4n) is 4.51. The number of nitrogens with one attached hydrogen (secondary N) is 1. The molecule has 0 bridgehead atoms. The summed E-state index contributed by atoms with van der Waals surface area (Å²) >= 11 is 0. The molecule has 0 aromatic heterocycles. The molecule has 7 nitrogen and oxygen atoms in total. The van der Waals surface area contributed by atoms with Gasteiger partial charge >= 0.3 is 5.97 Å². The number of aliphatic hydroxyl groups is 1. The van der Waals surface area contributed by atoms with Gasteiger partial charge in [0.2, 0.25) is 5.91 Å². The number of aliphatic hydroxyl groups excluding tert-OH is 1. The lowest BCUT2D eigenvalue weighted by Gasteiger charge is -2.46. The van der Waals surface area contributed by atoms with Gasteiger partial charge in [0.25, 0.3) is 0 Å². The summed E-state index contributed by atoms with van der Waals surface area (Å²) in [6.07, 6.45) is 2.45. The molecule has 1 amide bonds. The standard InChI is InChI=1S/C17H25N3O4/c1-9-12(8-19-6-4-11(7-19)3-5-18)15(17(23)24)20-14(9)13(10(2)21)16(20)22/h5,9-11,13-14,18,21H,3-4,6-8H2,1-2H3,(H,23,24)/t9-,10+,11-,13?,14?/m0/s1. The molecule has 0 saturated carbocycles. The fourth-order valence-corrected chi connectivity index (χ4v) is 4.51. The van der Waals surface area contributed by atoms with E-state index >= 15 is 0 Å². The van der Waals surface area contributed by atoms with E-state index in [0.717, 1.165) is 31.5 Å². The molecule has 7 heteroatoms. The lowest BCUT2D eigenvalue weighted by atomic mass is 9.77. The largest absolute Gasteiger partial charge is 0.477 e. The van der Waals surface area contributed by atoms with Gasteiger partial charge < -0.3 is 20.5 Å². The van der Waals surface area contributed by atoms with Crippen molar-refractivity contribution in [1.82, 2.24) is 9.80 Å². The van der Waals surface area contributed by atoms with E-state index in [-0.39, 0.29) is 23.6 Å². The molecule has 0 radical (unpaired) electrons. The molecule has 3 aliphatic heterocycles. The maximum Gasteiger partial charge on any atom is 0.352 e. The predicted octanol–water partition coefficient (Wildman–Crippen LogP) is 0.544. The molecule has 0 aromatic rings. The number of likely N-dealkylation sites (tertiary alicyclic amines) is 1. The Hall–Kier alpha value is -1.73. The van der Waals surface area contributed by atoms with Crippen LogP contribution < -0.4 is 0 Å². The number of hydrogen-bond acceptors (Lipinski definition) is 5. The Morgan fingerprint density at radius 3 is 2.79 bits per heavy atom. The molecule has 3 rings (SSSR count). The summed E-state index contributed by atoms with van der Waals surface area (Å²) in [5.74, 6) is -1.45. The molecular formula is C17H25N3O4. The number of carbonyl (C=O) groups excluding carboxylic acids is 1. The monoisotopic (exact) mass is 335 g/mol. The summed E-state index contributed by atoms with van der Waals surface area (Å²) in [6, 6.07) is -0.237. The van der Waals surface area contributed by atoms with Crippen LogP contribution in [0.5, 0.6) is 0 Å². The van der Waals surface area contributed by atoms with Crippen LogP contribution in [0.4, 0.5) is 0 Å². The first-order valence-corrected chi connectivity index (χ1v) is 8.55. The Balaban J connectivity index is 1.80. The van der Waals surface area contributed by atoms with E-state index in [0.29, 0.717) is 12.5 Å². The molecule has 3 aliphatic rings. The van der Waals surface area contributed by atoms with Crippen LogP contribution in [0.15, 0.2) is 11.3 Å². The number of β-lactam (4-membered cyclic amide) rings is 1. The van der Waals surface area contributed by atoms with E-state index in [2.05, 4.69) is 4.90 Å². The summed E-state index contributed by atoms with van der Waals surface area (Å²) in [5.41, 5.74) is 0.907. The number of amides is 1. The topological polar surface area (TPSA) is 105 Å². The molecule has 0 spiro atoms. The lowest BCUT2D eigenvalue weighted by Crippen LogP contribution is -2.63. The van der Waals surface area contributed by atoms with Gasteiger partial charge in [0.1, 0.15) is 5.70 Å². The molecule has 0 aromatic carbocycles. The average molecular weight is 335 g/mol. The van der Waals surface area contributed by atoms with Gasteiger partial charge in [0, 0.05) is 19.0 Å². The maximum absolute atomic E-state index is 12.3. The Labute approximate surface area is 141 Å². The summed E-state index contributed by atoms with van der Waals surface area (Å²) in [6.45, 7) is 5.84. The van der Waals surface area contributed by atoms with Gasteiger partial charge in [-0.25, -0.2) is 4.79 Å². The summed E-state index contributed by atoms with van der Waals surface area (Å²) in [4.78, 5) is 27.6. The van der Waals surface area contributed by atoms with Crippen molar-refractivity contribution in [1.29, 1.82) is 5.41 Å². The van der Waals surface area contributed by atoms with Gasteiger partial charge in [-0.3, -0.25) is 9.69 Å². The van der Waals surface area contributed by atoms with Crippen LogP contribution in [-0.2, 0) is 9.59 Å². The number of nitrogens with zero attached hydrogens (tertiary/aromatic N) is 2. The van der Waals surface area contributed by atoms with Crippen molar-refractivity contribution in [3.05, 3.63) is 11.3 Å². The van der Waals surface area contributed by atoms with Crippen molar-refractivity contribution >= 4 is 18.1 Å². The number of aliphatic carboxylic acids is 1. The van der Waals surface area contributed by atoms with Crippen molar-refractivity contribution in [3.8, 4) is 0 Å². The fraction of sp³-hybridized carbons (Fsp3) is 0.706. The molecule has 3 N–H and O–H groups in total. The van der Waals surface area contributed by atoms with Crippen LogP contribution in [0.3, 0.4) is 0 Å². The lowest BCUT2D eigenvalue weighted by molar-refractivity contribution is -0.163. The normalized spacial score (nSPS) is 34.3. The zero-order valence-electron chi connectivity index (χ0n) is 14.1. The second kappa shape index (κ2) is 6.29. The first-order valence-electron chi connectivity index (χ1n) is 8.55. The average Bonchev–Trinajstić information content (AvgIpc) is 3.02. The minimum Gasteiger partial charge on any atom is -0.477 e. The van der Waals surface area contributed by atoms with Gasteiger partial charge in [0.15, 0.2) is 0 Å². The second-order valence-electron chi connectivity index (χ2n) is 7.26. The molecule has 24 heavy (non-hydrogen) atoms. The van der Waals surface area contributed by atoms with Gasteiger partial charge in [-0.15, -0.1) is 0 Å². The first kappa shape index (κ1) is 17.1. The van der Waals surface area contributed by atoms with Crippen molar-refractivity contribution in [2.75, 3.05) is 19.6 Å². The van der Waals surface area contributed by atoms with E-state index in [1.54, 1.807) is 6.92 Å². The Bertz CT molecular complexity index is 601. The molecular weight excluding hydrogens is 310 g/mol. The third-order valence-corrected chi connectivity index (χ3v) is 5.73. The molecule has 3 heterocycles. The highest BCUT2D eigenvalue weighted by molar-refractivity contribution is 6.00. The van der Waals surface area contributed by atoms with E-state index in [1.165, 1.54) is 11.1 Å². The van der Waals surface area contributed by atoms with Crippen LogP contribution in [0.1, 0.15) is 26.7 Å². The summed E-state index contributed by atoms with van der Waals surface area (Å²) < 4.78 is 0. The first-order chi connectivity index (χ1) is 11.4.